The van der Waals surface area contributed by atoms with Gasteiger partial charge in [0.1, 0.15) is 0 Å². The Labute approximate surface area is 564 Å². The van der Waals surface area contributed by atoms with E-state index in [0.717, 1.165) is 133 Å². The van der Waals surface area contributed by atoms with Gasteiger partial charge in [-0.1, -0.05) is 267 Å². The van der Waals surface area contributed by atoms with E-state index in [4.69, 9.17) is 39.9 Å². The summed E-state index contributed by atoms with van der Waals surface area (Å²) in [4.78, 5) is 43.8. The third-order valence-corrected chi connectivity index (χ3v) is 18.2. The molecule has 6 heterocycles. The lowest BCUT2D eigenvalue weighted by atomic mass is 10.0. The molecule has 6 aromatic heterocycles. The number of rotatable bonds is 13. The number of nitrogens with zero attached hydrogens (tertiary/aromatic N) is 10. The Morgan fingerprint density at radius 3 is 0.949 bits per heavy atom. The molecule has 458 valence electrons. The molecule has 10 nitrogen and oxygen atoms in total. The van der Waals surface area contributed by atoms with Gasteiger partial charge in [-0.25, -0.2) is 39.9 Å². The van der Waals surface area contributed by atoms with E-state index < -0.39 is 0 Å². The van der Waals surface area contributed by atoms with E-state index in [1.165, 1.54) is 0 Å². The van der Waals surface area contributed by atoms with E-state index in [1.54, 1.807) is 0 Å². The molecule has 0 amide bonds. The highest BCUT2D eigenvalue weighted by molar-refractivity contribution is 6.13. The number of hydrogen-bond donors (Lipinski definition) is 0. The van der Waals surface area contributed by atoms with Gasteiger partial charge in [0, 0.05) is 82.9 Å². The molecular weight excluding hydrogens is 1200 g/mol. The van der Waals surface area contributed by atoms with Crippen molar-refractivity contribution in [3.63, 3.8) is 0 Å². The highest BCUT2D eigenvalue weighted by Crippen LogP contribution is 2.46. The fraction of sp³-hybridized carbons (Fsp3) is 0. The molecule has 0 aliphatic rings. The molecule has 0 aliphatic heterocycles. The summed E-state index contributed by atoms with van der Waals surface area (Å²) < 4.78 is 4.74. The van der Waals surface area contributed by atoms with Gasteiger partial charge in [-0.3, -0.25) is 0 Å². The standard InChI is InChI=1S/C88H56N10/c1-8-26-57(27-9-1)64-47-50-79-70(52-64)71-53-65(76-43-24-41-74(89-76)58-28-10-2-11-29-58)48-51-80(71)97(79)67-55-72(87-93-83(60-32-14-4-15-33-60)91-84(94-87)61-34-16-5-17-35-61)82(73(56-67)88-95-85(62-36-18-6-19-37-62)92-86(96-88)63-38-20-7-21-39-63)98-78-45-23-22-40-68(78)69-49-46-66(54-81(69)98)77-44-25-42-75(90-77)59-30-12-3-13-31-59/h1-56H. The maximum absolute atomic E-state index is 5.65. The van der Waals surface area contributed by atoms with Crippen molar-refractivity contribution in [1.82, 2.24) is 49.0 Å². The molecule has 0 atom stereocenters. The Bertz CT molecular complexity index is 5760. The van der Waals surface area contributed by atoms with Gasteiger partial charge in [-0.05, 0) is 83.9 Å². The lowest BCUT2D eigenvalue weighted by Gasteiger charge is -2.21. The van der Waals surface area contributed by atoms with Gasteiger partial charge in [-0.15, -0.1) is 0 Å². The van der Waals surface area contributed by atoms with E-state index in [0.29, 0.717) is 46.1 Å². The van der Waals surface area contributed by atoms with Crippen LogP contribution in [0.2, 0.25) is 0 Å². The molecule has 18 aromatic rings. The summed E-state index contributed by atoms with van der Waals surface area (Å²) in [7, 11) is 0. The summed E-state index contributed by atoms with van der Waals surface area (Å²) in [5, 5.41) is 4.20. The Morgan fingerprint density at radius 1 is 0.173 bits per heavy atom. The summed E-state index contributed by atoms with van der Waals surface area (Å²) in [5.74, 6) is 2.94. The highest BCUT2D eigenvalue weighted by Gasteiger charge is 2.29. The first kappa shape index (κ1) is 57.2. The minimum absolute atomic E-state index is 0.439. The minimum atomic E-state index is 0.439. The van der Waals surface area contributed by atoms with Crippen molar-refractivity contribution >= 4 is 43.6 Å². The second-order valence-corrected chi connectivity index (χ2v) is 24.3. The van der Waals surface area contributed by atoms with Gasteiger partial charge in [0.2, 0.25) is 0 Å². The van der Waals surface area contributed by atoms with Gasteiger partial charge >= 0.3 is 0 Å². The fourth-order valence-corrected chi connectivity index (χ4v) is 13.6. The van der Waals surface area contributed by atoms with E-state index >= 15 is 0 Å². The minimum Gasteiger partial charge on any atom is -0.309 e. The Balaban J connectivity index is 0.992. The van der Waals surface area contributed by atoms with Crippen LogP contribution in [0.4, 0.5) is 0 Å². The van der Waals surface area contributed by atoms with Crippen LogP contribution in [0.5, 0.6) is 0 Å². The molecule has 12 aromatic carbocycles. The van der Waals surface area contributed by atoms with Crippen LogP contribution in [0.1, 0.15) is 0 Å². The van der Waals surface area contributed by atoms with Crippen LogP contribution >= 0.6 is 0 Å². The zero-order valence-electron chi connectivity index (χ0n) is 52.8. The van der Waals surface area contributed by atoms with Crippen LogP contribution in [0.3, 0.4) is 0 Å². The summed E-state index contributed by atoms with van der Waals surface area (Å²) in [5.41, 5.74) is 19.9. The highest BCUT2D eigenvalue weighted by atomic mass is 15.1. The van der Waals surface area contributed by atoms with Crippen LogP contribution in [-0.4, -0.2) is 49.0 Å². The van der Waals surface area contributed by atoms with Crippen molar-refractivity contribution in [1.29, 1.82) is 0 Å². The first-order chi connectivity index (χ1) is 48.6. The molecule has 0 spiro atoms. The van der Waals surface area contributed by atoms with E-state index in [1.807, 2.05) is 84.9 Å². The predicted molar refractivity (Wildman–Crippen MR) is 397 cm³/mol. The van der Waals surface area contributed by atoms with Crippen molar-refractivity contribution in [2.24, 2.45) is 0 Å². The van der Waals surface area contributed by atoms with Crippen molar-refractivity contribution in [2.75, 3.05) is 0 Å². The number of fused-ring (bicyclic) bond motifs is 6. The predicted octanol–water partition coefficient (Wildman–Crippen LogP) is 21.4. The molecule has 10 heteroatoms. The lowest BCUT2D eigenvalue weighted by Crippen LogP contribution is -2.09. The van der Waals surface area contributed by atoms with Crippen molar-refractivity contribution in [3.8, 4) is 136 Å². The number of benzene rings is 12. The van der Waals surface area contributed by atoms with Gasteiger partial charge in [0.15, 0.2) is 34.9 Å². The summed E-state index contributed by atoms with van der Waals surface area (Å²) in [6.45, 7) is 0. The zero-order chi connectivity index (χ0) is 64.9. The van der Waals surface area contributed by atoms with Crippen molar-refractivity contribution in [3.05, 3.63) is 340 Å². The van der Waals surface area contributed by atoms with E-state index in [2.05, 4.69) is 264 Å². The lowest BCUT2D eigenvalue weighted by molar-refractivity contribution is 1.05. The quantitative estimate of drug-likeness (QED) is 0.112. The SMILES string of the molecule is c1ccc(-c2ccc3c(c2)c2cc(-c4cccc(-c5ccccc5)n4)ccc2n3-c2cc(-c3nc(-c4ccccc4)nc(-c4ccccc4)n3)c(-n3c4ccccc4c4ccc(-c5cccc(-c6ccccc6)n5)cc43)c(-c3nc(-c4ccccc4)nc(-c4ccccc4)n3)c2)cc1. The molecule has 0 fully saturated rings. The van der Waals surface area contributed by atoms with E-state index in [-0.39, 0.29) is 0 Å². The van der Waals surface area contributed by atoms with Gasteiger partial charge in [-0.2, -0.15) is 0 Å². The second kappa shape index (κ2) is 24.5. The third kappa shape index (κ3) is 10.5. The second-order valence-electron chi connectivity index (χ2n) is 24.3. The fourth-order valence-electron chi connectivity index (χ4n) is 13.6. The average Bonchev–Trinajstić information content (AvgIpc) is 1.52. The maximum Gasteiger partial charge on any atom is 0.166 e. The summed E-state index contributed by atoms with van der Waals surface area (Å²) in [6, 6.07) is 118. The smallest absolute Gasteiger partial charge is 0.166 e. The third-order valence-electron chi connectivity index (χ3n) is 18.2. The molecule has 0 aliphatic carbocycles. The Morgan fingerprint density at radius 2 is 0.500 bits per heavy atom. The topological polar surface area (TPSA) is 113 Å². The summed E-state index contributed by atoms with van der Waals surface area (Å²) >= 11 is 0. The monoisotopic (exact) mass is 1250 g/mol. The van der Waals surface area contributed by atoms with Gasteiger partial charge in [0.25, 0.3) is 0 Å². The van der Waals surface area contributed by atoms with Crippen LogP contribution in [-0.2, 0) is 0 Å². The molecule has 0 radical (unpaired) electrons. The molecule has 0 N–H and O–H groups in total. The molecule has 0 bridgehead atoms. The van der Waals surface area contributed by atoms with Gasteiger partial charge in [0.05, 0.1) is 50.5 Å². The zero-order valence-corrected chi connectivity index (χ0v) is 52.8. The van der Waals surface area contributed by atoms with E-state index in [9.17, 15) is 0 Å². The first-order valence-corrected chi connectivity index (χ1v) is 32.7. The van der Waals surface area contributed by atoms with Crippen molar-refractivity contribution in [2.45, 2.75) is 0 Å². The number of pyridine rings is 2. The van der Waals surface area contributed by atoms with Crippen LogP contribution < -0.4 is 0 Å². The van der Waals surface area contributed by atoms with Gasteiger partial charge < -0.3 is 9.13 Å². The van der Waals surface area contributed by atoms with Crippen LogP contribution in [0, 0.1) is 0 Å². The molecule has 0 saturated heterocycles. The Kier molecular flexibility index (Phi) is 14.3. The molecule has 0 unspecified atom stereocenters. The van der Waals surface area contributed by atoms with Crippen LogP contribution in [0.25, 0.3) is 179 Å². The molecule has 18 rings (SSSR count). The summed E-state index contributed by atoms with van der Waals surface area (Å²) in [6.07, 6.45) is 0. The van der Waals surface area contributed by atoms with Crippen LogP contribution in [0.15, 0.2) is 340 Å². The Hall–Kier alpha value is -13.4. The number of hydrogen-bond acceptors (Lipinski definition) is 8. The normalized spacial score (nSPS) is 11.5. The average molecular weight is 1250 g/mol. The van der Waals surface area contributed by atoms with Crippen molar-refractivity contribution < 1.29 is 0 Å². The first-order valence-electron chi connectivity index (χ1n) is 32.7. The number of para-hydroxylation sites is 1. The largest absolute Gasteiger partial charge is 0.309 e. The number of aromatic nitrogens is 10. The molecule has 98 heavy (non-hydrogen) atoms. The maximum atomic E-state index is 5.65. The molecule has 0 saturated carbocycles. The molecular formula is C88H56N10.